The molecule has 1 N–H and O–H groups in total. The van der Waals surface area contributed by atoms with Gasteiger partial charge in [-0.25, -0.2) is 4.79 Å². The quantitative estimate of drug-likeness (QED) is 0.661. The number of esters is 1. The Hall–Kier alpha value is -3.21. The van der Waals surface area contributed by atoms with E-state index in [0.29, 0.717) is 18.5 Å². The smallest absolute Gasteiger partial charge is 0.339 e. The van der Waals surface area contributed by atoms with Gasteiger partial charge in [-0.3, -0.25) is 9.78 Å². The van der Waals surface area contributed by atoms with Crippen molar-refractivity contribution in [2.24, 2.45) is 0 Å². The molecular formula is C23H24N2O3. The minimum atomic E-state index is -0.896. The van der Waals surface area contributed by atoms with Crippen molar-refractivity contribution >= 4 is 22.8 Å². The molecule has 5 nitrogen and oxygen atoms in total. The van der Waals surface area contributed by atoms with Crippen LogP contribution < -0.4 is 5.32 Å². The molecule has 0 radical (unpaired) electrons. The van der Waals surface area contributed by atoms with Crippen LogP contribution in [0.25, 0.3) is 10.9 Å². The second-order valence-electron chi connectivity index (χ2n) is 6.68. The highest BCUT2D eigenvalue weighted by Gasteiger charge is 2.23. The fourth-order valence-electron chi connectivity index (χ4n) is 3.17. The molecule has 3 aromatic rings. The van der Waals surface area contributed by atoms with Gasteiger partial charge in [-0.05, 0) is 37.5 Å². The maximum atomic E-state index is 12.9. The van der Waals surface area contributed by atoms with E-state index in [4.69, 9.17) is 4.74 Å². The first kappa shape index (κ1) is 19.5. The molecule has 1 heterocycles. The summed E-state index contributed by atoms with van der Waals surface area (Å²) in [6.45, 7) is 5.84. The molecule has 0 aliphatic rings. The van der Waals surface area contributed by atoms with E-state index in [-0.39, 0.29) is 5.91 Å². The van der Waals surface area contributed by atoms with Crippen LogP contribution in [0, 0.1) is 6.92 Å². The van der Waals surface area contributed by atoms with Gasteiger partial charge in [0.25, 0.3) is 5.91 Å². The van der Waals surface area contributed by atoms with E-state index in [2.05, 4.69) is 10.3 Å². The maximum absolute atomic E-state index is 12.9. The first-order valence-electron chi connectivity index (χ1n) is 9.42. The molecule has 0 saturated heterocycles. The number of ether oxygens (including phenoxy) is 1. The zero-order valence-corrected chi connectivity index (χ0v) is 16.4. The van der Waals surface area contributed by atoms with Crippen molar-refractivity contribution in [3.63, 3.8) is 0 Å². The number of amides is 1. The molecule has 0 unspecified atom stereocenters. The lowest BCUT2D eigenvalue weighted by molar-refractivity contribution is -0.129. The van der Waals surface area contributed by atoms with Gasteiger partial charge in [-0.2, -0.15) is 0 Å². The highest BCUT2D eigenvalue weighted by atomic mass is 16.5. The number of fused-ring (bicyclic) bond motifs is 1. The molecule has 0 saturated carbocycles. The summed E-state index contributed by atoms with van der Waals surface area (Å²) in [4.78, 5) is 29.9. The highest BCUT2D eigenvalue weighted by molar-refractivity contribution is 6.05. The zero-order chi connectivity index (χ0) is 20.1. The minimum Gasteiger partial charge on any atom is -0.449 e. The SMILES string of the molecule is CCc1nc2ccccc2c(C(=O)O[C@H](C)C(=O)NCc2ccccc2)c1C. The van der Waals surface area contributed by atoms with Crippen molar-refractivity contribution in [2.75, 3.05) is 0 Å². The molecule has 1 aromatic heterocycles. The average molecular weight is 376 g/mol. The predicted molar refractivity (Wildman–Crippen MR) is 109 cm³/mol. The van der Waals surface area contributed by atoms with E-state index in [1.54, 1.807) is 6.92 Å². The number of aryl methyl sites for hydroxylation is 1. The largest absolute Gasteiger partial charge is 0.449 e. The Morgan fingerprint density at radius 3 is 2.46 bits per heavy atom. The second kappa shape index (κ2) is 8.65. The van der Waals surface area contributed by atoms with Crippen molar-refractivity contribution in [1.29, 1.82) is 0 Å². The number of nitrogens with one attached hydrogen (secondary N) is 1. The van der Waals surface area contributed by atoms with Gasteiger partial charge in [-0.15, -0.1) is 0 Å². The first-order chi connectivity index (χ1) is 13.5. The fraction of sp³-hybridized carbons (Fsp3) is 0.261. The van der Waals surface area contributed by atoms with Gasteiger partial charge < -0.3 is 10.1 Å². The summed E-state index contributed by atoms with van der Waals surface area (Å²) in [6.07, 6.45) is -0.183. The van der Waals surface area contributed by atoms with Crippen molar-refractivity contribution in [3.05, 3.63) is 77.0 Å². The van der Waals surface area contributed by atoms with E-state index in [1.807, 2.05) is 68.4 Å². The maximum Gasteiger partial charge on any atom is 0.339 e. The summed E-state index contributed by atoms with van der Waals surface area (Å²) in [5.74, 6) is -0.836. The Morgan fingerprint density at radius 2 is 1.75 bits per heavy atom. The molecular weight excluding hydrogens is 352 g/mol. The number of rotatable bonds is 6. The lowest BCUT2D eigenvalue weighted by Crippen LogP contribution is -2.35. The highest BCUT2D eigenvalue weighted by Crippen LogP contribution is 2.24. The number of pyridine rings is 1. The van der Waals surface area contributed by atoms with Crippen LogP contribution >= 0.6 is 0 Å². The van der Waals surface area contributed by atoms with Gasteiger partial charge >= 0.3 is 5.97 Å². The summed E-state index contributed by atoms with van der Waals surface area (Å²) >= 11 is 0. The molecule has 2 aromatic carbocycles. The average Bonchev–Trinajstić information content (AvgIpc) is 2.72. The van der Waals surface area contributed by atoms with E-state index >= 15 is 0 Å². The summed E-state index contributed by atoms with van der Waals surface area (Å²) in [5, 5.41) is 3.54. The molecule has 0 bridgehead atoms. The van der Waals surface area contributed by atoms with Crippen LogP contribution in [0.1, 0.15) is 41.0 Å². The number of hydrogen-bond donors (Lipinski definition) is 1. The van der Waals surface area contributed by atoms with Gasteiger partial charge in [0, 0.05) is 17.6 Å². The summed E-state index contributed by atoms with van der Waals surface area (Å²) in [7, 11) is 0. The van der Waals surface area contributed by atoms with Crippen LogP contribution in [0.2, 0.25) is 0 Å². The molecule has 28 heavy (non-hydrogen) atoms. The number of para-hydroxylation sites is 1. The first-order valence-corrected chi connectivity index (χ1v) is 9.42. The standard InChI is InChI=1S/C23H24N2O3/c1-4-19-15(2)21(18-12-8-9-13-20(18)25-19)23(27)28-16(3)22(26)24-14-17-10-6-5-7-11-17/h5-13,16H,4,14H2,1-3H3,(H,24,26)/t16-/m1/s1. The van der Waals surface area contributed by atoms with Crippen LogP contribution in [0.3, 0.4) is 0 Å². The third kappa shape index (κ3) is 4.19. The van der Waals surface area contributed by atoms with Gasteiger partial charge in [0.2, 0.25) is 0 Å². The van der Waals surface area contributed by atoms with Crippen molar-refractivity contribution < 1.29 is 14.3 Å². The normalized spacial score (nSPS) is 11.8. The van der Waals surface area contributed by atoms with E-state index in [0.717, 1.165) is 27.7 Å². The van der Waals surface area contributed by atoms with Crippen LogP contribution in [0.4, 0.5) is 0 Å². The second-order valence-corrected chi connectivity index (χ2v) is 6.68. The lowest BCUT2D eigenvalue weighted by atomic mass is 10.0. The fourth-order valence-corrected chi connectivity index (χ4v) is 3.17. The lowest BCUT2D eigenvalue weighted by Gasteiger charge is -2.17. The number of hydrogen-bond acceptors (Lipinski definition) is 4. The summed E-state index contributed by atoms with van der Waals surface area (Å²) < 4.78 is 5.50. The third-order valence-electron chi connectivity index (χ3n) is 4.74. The predicted octanol–water partition coefficient (Wildman–Crippen LogP) is 3.97. The Labute approximate surface area is 164 Å². The monoisotopic (exact) mass is 376 g/mol. The summed E-state index contributed by atoms with van der Waals surface area (Å²) in [5.41, 5.74) is 3.86. The summed E-state index contributed by atoms with van der Waals surface area (Å²) in [6, 6.07) is 17.1. The van der Waals surface area contributed by atoms with Crippen LogP contribution in [0.5, 0.6) is 0 Å². The van der Waals surface area contributed by atoms with E-state index in [1.165, 1.54) is 0 Å². The molecule has 3 rings (SSSR count). The Kier molecular flexibility index (Phi) is 6.04. The van der Waals surface area contributed by atoms with Crippen LogP contribution in [-0.4, -0.2) is 23.0 Å². The molecule has 0 fully saturated rings. The van der Waals surface area contributed by atoms with Crippen LogP contribution in [0.15, 0.2) is 54.6 Å². The number of nitrogens with zero attached hydrogens (tertiary/aromatic N) is 1. The van der Waals surface area contributed by atoms with Crippen molar-refractivity contribution in [3.8, 4) is 0 Å². The van der Waals surface area contributed by atoms with Crippen LogP contribution in [-0.2, 0) is 22.5 Å². The molecule has 0 aliphatic carbocycles. The molecule has 5 heteroatoms. The third-order valence-corrected chi connectivity index (χ3v) is 4.74. The molecule has 1 atom stereocenters. The van der Waals surface area contributed by atoms with Gasteiger partial charge in [0.05, 0.1) is 11.1 Å². The van der Waals surface area contributed by atoms with Gasteiger partial charge in [0.1, 0.15) is 0 Å². The Balaban J connectivity index is 1.77. The molecule has 0 aliphatic heterocycles. The van der Waals surface area contributed by atoms with Crippen molar-refractivity contribution in [2.45, 2.75) is 39.8 Å². The Morgan fingerprint density at radius 1 is 1.07 bits per heavy atom. The topological polar surface area (TPSA) is 68.3 Å². The number of carbonyl (C=O) groups is 2. The van der Waals surface area contributed by atoms with E-state index < -0.39 is 12.1 Å². The number of benzene rings is 2. The van der Waals surface area contributed by atoms with Gasteiger partial charge in [0.15, 0.2) is 6.10 Å². The van der Waals surface area contributed by atoms with Gasteiger partial charge in [-0.1, -0.05) is 55.5 Å². The minimum absolute atomic E-state index is 0.330. The number of aromatic nitrogens is 1. The molecule has 144 valence electrons. The zero-order valence-electron chi connectivity index (χ0n) is 16.4. The van der Waals surface area contributed by atoms with E-state index in [9.17, 15) is 9.59 Å². The van der Waals surface area contributed by atoms with Crippen molar-refractivity contribution in [1.82, 2.24) is 10.3 Å². The number of carbonyl (C=O) groups excluding carboxylic acids is 2. The molecule has 0 spiro atoms. The Bertz CT molecular complexity index is 999. The molecule has 1 amide bonds.